The van der Waals surface area contributed by atoms with Crippen LogP contribution in [0.2, 0.25) is 5.02 Å². The summed E-state index contributed by atoms with van der Waals surface area (Å²) in [4.78, 5) is 15.8. The van der Waals surface area contributed by atoms with Crippen LogP contribution < -0.4 is 20.3 Å². The molecule has 5 nitrogen and oxygen atoms in total. The monoisotopic (exact) mass is 488 g/mol. The number of rotatable bonds is 6. The fraction of sp³-hybridized carbons (Fsp3) is 0.160. The Morgan fingerprint density at radius 2 is 1.71 bits per heavy atom. The zero-order chi connectivity index (χ0) is 24.5. The topological polar surface area (TPSA) is 63.4 Å². The third-order valence-electron chi connectivity index (χ3n) is 5.40. The van der Waals surface area contributed by atoms with Crippen molar-refractivity contribution in [1.29, 1.82) is 0 Å². The summed E-state index contributed by atoms with van der Waals surface area (Å²) >= 11 is 6.22. The first kappa shape index (κ1) is 23.5. The quantitative estimate of drug-likeness (QED) is 0.325. The molecular weight excluding hydrogens is 469 g/mol. The highest BCUT2D eigenvalue weighted by Gasteiger charge is 2.31. The number of nitrogens with one attached hydrogen (secondary N) is 2. The lowest BCUT2D eigenvalue weighted by Crippen LogP contribution is -2.16. The van der Waals surface area contributed by atoms with Crippen molar-refractivity contribution in [2.24, 2.45) is 0 Å². The third kappa shape index (κ3) is 4.68. The lowest BCUT2D eigenvalue weighted by Gasteiger charge is -2.18. The Morgan fingerprint density at radius 3 is 2.35 bits per heavy atom. The highest BCUT2D eigenvalue weighted by molar-refractivity contribution is 6.31. The maximum atomic E-state index is 13.5. The van der Waals surface area contributed by atoms with Gasteiger partial charge < -0.3 is 19.8 Å². The van der Waals surface area contributed by atoms with Crippen molar-refractivity contribution in [3.63, 3.8) is 0 Å². The zero-order valence-electron chi connectivity index (χ0n) is 18.2. The average Bonchev–Trinajstić information content (AvgIpc) is 2.81. The Balaban J connectivity index is 1.94. The van der Waals surface area contributed by atoms with E-state index in [-0.39, 0.29) is 28.7 Å². The molecule has 9 heteroatoms. The summed E-state index contributed by atoms with van der Waals surface area (Å²) in [7, 11) is 3.00. The summed E-state index contributed by atoms with van der Waals surface area (Å²) in [6.07, 6.45) is -4.56. The molecule has 0 unspecified atom stereocenters. The van der Waals surface area contributed by atoms with Crippen molar-refractivity contribution in [3.8, 4) is 22.6 Å². The summed E-state index contributed by atoms with van der Waals surface area (Å²) in [5.74, 6) is 1.04. The molecule has 0 aliphatic carbocycles. The molecule has 34 heavy (non-hydrogen) atoms. The van der Waals surface area contributed by atoms with E-state index in [1.165, 1.54) is 13.2 Å². The molecule has 2 N–H and O–H groups in total. The third-order valence-corrected chi connectivity index (χ3v) is 5.64. The van der Waals surface area contributed by atoms with Crippen LogP contribution >= 0.6 is 11.6 Å². The van der Waals surface area contributed by atoms with Crippen LogP contribution in [0.15, 0.2) is 65.5 Å². The fourth-order valence-electron chi connectivity index (χ4n) is 3.73. The molecule has 0 amide bonds. The van der Waals surface area contributed by atoms with Crippen LogP contribution in [-0.4, -0.2) is 19.2 Å². The molecule has 0 aliphatic heterocycles. The van der Waals surface area contributed by atoms with Crippen molar-refractivity contribution in [1.82, 2.24) is 4.98 Å². The van der Waals surface area contributed by atoms with Gasteiger partial charge in [-0.05, 0) is 54.1 Å². The van der Waals surface area contributed by atoms with Gasteiger partial charge in [0.05, 0.1) is 19.8 Å². The van der Waals surface area contributed by atoms with Gasteiger partial charge in [-0.25, -0.2) is 0 Å². The van der Waals surface area contributed by atoms with Crippen molar-refractivity contribution in [3.05, 3.63) is 87.2 Å². The van der Waals surface area contributed by atoms with Gasteiger partial charge in [-0.2, -0.15) is 13.2 Å². The fourth-order valence-corrected chi connectivity index (χ4v) is 3.90. The Hall–Kier alpha value is -3.65. The van der Waals surface area contributed by atoms with Crippen molar-refractivity contribution in [2.45, 2.75) is 12.7 Å². The Bertz CT molecular complexity index is 1400. The molecule has 0 bridgehead atoms. The predicted octanol–water partition coefficient (Wildman–Crippen LogP) is 6.50. The number of hydrogen-bond donors (Lipinski definition) is 2. The van der Waals surface area contributed by atoms with Gasteiger partial charge in [-0.15, -0.1) is 0 Å². The number of pyridine rings is 1. The molecule has 0 spiro atoms. The predicted molar refractivity (Wildman–Crippen MR) is 127 cm³/mol. The van der Waals surface area contributed by atoms with E-state index in [1.54, 1.807) is 37.4 Å². The smallest absolute Gasteiger partial charge is 0.416 e. The minimum absolute atomic E-state index is 0.100. The maximum absolute atomic E-state index is 13.5. The minimum atomic E-state index is -4.56. The first-order valence-electron chi connectivity index (χ1n) is 10.2. The first-order chi connectivity index (χ1) is 16.2. The average molecular weight is 489 g/mol. The molecule has 0 saturated heterocycles. The SMILES string of the molecule is COc1ccc(CNc2c(-c3cc(Cl)ccc3OC)c3cc(C(F)(F)F)ccc3[nH]c2=O)cc1. The van der Waals surface area contributed by atoms with Crippen molar-refractivity contribution in [2.75, 3.05) is 19.5 Å². The van der Waals surface area contributed by atoms with Gasteiger partial charge in [-0.3, -0.25) is 4.79 Å². The number of benzene rings is 3. The Kier molecular flexibility index (Phi) is 6.43. The molecule has 0 fully saturated rings. The van der Waals surface area contributed by atoms with Crippen LogP contribution in [0, 0.1) is 0 Å². The highest BCUT2D eigenvalue weighted by atomic mass is 35.5. The number of anilines is 1. The minimum Gasteiger partial charge on any atom is -0.497 e. The van der Waals surface area contributed by atoms with E-state index in [0.717, 1.165) is 17.7 Å². The van der Waals surface area contributed by atoms with Crippen LogP contribution in [0.3, 0.4) is 0 Å². The van der Waals surface area contributed by atoms with Crippen LogP contribution in [0.5, 0.6) is 11.5 Å². The molecule has 0 atom stereocenters. The number of ether oxygens (including phenoxy) is 2. The van der Waals surface area contributed by atoms with Gasteiger partial charge in [-0.1, -0.05) is 23.7 Å². The molecular formula is C25H20ClF3N2O3. The van der Waals surface area contributed by atoms with Gasteiger partial charge in [0.15, 0.2) is 0 Å². The van der Waals surface area contributed by atoms with E-state index in [2.05, 4.69) is 10.3 Å². The molecule has 3 aromatic carbocycles. The number of alkyl halides is 3. The normalized spacial score (nSPS) is 11.5. The molecule has 0 aliphatic rings. The Morgan fingerprint density at radius 1 is 0.971 bits per heavy atom. The number of hydrogen-bond acceptors (Lipinski definition) is 4. The number of aromatic amines is 1. The summed E-state index contributed by atoms with van der Waals surface area (Å²) < 4.78 is 51.2. The van der Waals surface area contributed by atoms with Gasteiger partial charge >= 0.3 is 6.18 Å². The Labute approximate surface area is 198 Å². The van der Waals surface area contributed by atoms with Crippen LogP contribution in [0.25, 0.3) is 22.0 Å². The number of aromatic nitrogens is 1. The van der Waals surface area contributed by atoms with E-state index < -0.39 is 17.3 Å². The maximum Gasteiger partial charge on any atom is 0.416 e. The number of halogens is 4. The van der Waals surface area contributed by atoms with Crippen molar-refractivity contribution < 1.29 is 22.6 Å². The lowest BCUT2D eigenvalue weighted by atomic mass is 9.96. The number of methoxy groups -OCH3 is 2. The standard InChI is InChI=1S/C25H20ClF3N2O3/c1-33-17-7-3-14(4-8-17)13-30-23-22(19-12-16(26)6-10-21(19)34-2)18-11-15(25(27,28)29)5-9-20(18)31-24(23)32/h3-12,30H,13H2,1-2H3,(H,31,32). The molecule has 4 aromatic rings. The van der Waals surface area contributed by atoms with Gasteiger partial charge in [0.2, 0.25) is 0 Å². The van der Waals surface area contributed by atoms with Crippen molar-refractivity contribution >= 4 is 28.2 Å². The summed E-state index contributed by atoms with van der Waals surface area (Å²) in [6, 6.07) is 15.2. The second-order valence-electron chi connectivity index (χ2n) is 7.51. The molecule has 4 rings (SSSR count). The van der Waals surface area contributed by atoms with Crippen LogP contribution in [0.4, 0.5) is 18.9 Å². The number of fused-ring (bicyclic) bond motifs is 1. The van der Waals surface area contributed by atoms with Gasteiger partial charge in [0, 0.05) is 33.6 Å². The second-order valence-corrected chi connectivity index (χ2v) is 7.94. The van der Waals surface area contributed by atoms with E-state index in [0.29, 0.717) is 22.1 Å². The van der Waals surface area contributed by atoms with E-state index >= 15 is 0 Å². The second kappa shape index (κ2) is 9.30. The lowest BCUT2D eigenvalue weighted by molar-refractivity contribution is -0.137. The summed E-state index contributed by atoms with van der Waals surface area (Å²) in [5.41, 5.74) is 0.523. The molecule has 1 aromatic heterocycles. The van der Waals surface area contributed by atoms with E-state index in [9.17, 15) is 18.0 Å². The molecule has 1 heterocycles. The van der Waals surface area contributed by atoms with E-state index in [1.807, 2.05) is 12.1 Å². The zero-order valence-corrected chi connectivity index (χ0v) is 19.0. The van der Waals surface area contributed by atoms with Gasteiger partial charge in [0.1, 0.15) is 17.2 Å². The molecule has 0 radical (unpaired) electrons. The molecule has 176 valence electrons. The van der Waals surface area contributed by atoms with Crippen LogP contribution in [0.1, 0.15) is 11.1 Å². The first-order valence-corrected chi connectivity index (χ1v) is 10.6. The number of H-pyrrole nitrogens is 1. The highest BCUT2D eigenvalue weighted by Crippen LogP contribution is 2.41. The van der Waals surface area contributed by atoms with Gasteiger partial charge in [0.25, 0.3) is 5.56 Å². The van der Waals surface area contributed by atoms with Crippen LogP contribution in [-0.2, 0) is 12.7 Å². The molecule has 0 saturated carbocycles. The summed E-state index contributed by atoms with van der Waals surface area (Å²) in [6.45, 7) is 0.243. The summed E-state index contributed by atoms with van der Waals surface area (Å²) in [5, 5.41) is 3.64. The van der Waals surface area contributed by atoms with E-state index in [4.69, 9.17) is 21.1 Å². The largest absolute Gasteiger partial charge is 0.497 e.